The minimum absolute atomic E-state index is 0.0200. The van der Waals surface area contributed by atoms with Gasteiger partial charge in [0.2, 0.25) is 0 Å². The van der Waals surface area contributed by atoms with Crippen molar-refractivity contribution >= 4 is 17.4 Å². The zero-order chi connectivity index (χ0) is 16.4. The molecule has 1 aliphatic heterocycles. The molecule has 1 heterocycles. The van der Waals surface area contributed by atoms with Crippen molar-refractivity contribution in [1.29, 1.82) is 0 Å². The molecule has 0 saturated heterocycles. The predicted molar refractivity (Wildman–Crippen MR) is 91.3 cm³/mol. The largest absolute Gasteiger partial charge is 0.308 e. The summed E-state index contributed by atoms with van der Waals surface area (Å²) in [4.78, 5) is 26.2. The molecule has 2 aromatic carbocycles. The predicted octanol–water partition coefficient (Wildman–Crippen LogP) is 4.08. The Morgan fingerprint density at radius 2 is 1.70 bits per heavy atom. The van der Waals surface area contributed by atoms with Crippen molar-refractivity contribution in [2.45, 2.75) is 19.8 Å². The van der Waals surface area contributed by atoms with Crippen LogP contribution in [0.15, 0.2) is 55.1 Å². The van der Waals surface area contributed by atoms with E-state index in [9.17, 15) is 9.59 Å². The van der Waals surface area contributed by atoms with Gasteiger partial charge in [-0.3, -0.25) is 9.59 Å². The molecule has 0 saturated carbocycles. The quantitative estimate of drug-likeness (QED) is 0.780. The molecule has 0 unspecified atom stereocenters. The van der Waals surface area contributed by atoms with Crippen molar-refractivity contribution in [2.75, 3.05) is 6.54 Å². The Balaban J connectivity index is 1.60. The van der Waals surface area contributed by atoms with Crippen LogP contribution in [0.3, 0.4) is 0 Å². The molecule has 0 N–H and O–H groups in total. The molecule has 0 spiro atoms. The Kier molecular flexibility index (Phi) is 4.11. The monoisotopic (exact) mass is 305 g/mol. The van der Waals surface area contributed by atoms with Gasteiger partial charge in [0.25, 0.3) is 5.91 Å². The number of Topliss-reactive ketones (excluding diaryl/α,β-unsaturated/α-hetero) is 1. The fraction of sp³-hybridized carbons (Fsp3) is 0.200. The molecular formula is C20H19NO2. The molecule has 116 valence electrons. The topological polar surface area (TPSA) is 37.4 Å². The second kappa shape index (κ2) is 6.21. The number of fused-ring (bicyclic) bond motifs is 1. The summed E-state index contributed by atoms with van der Waals surface area (Å²) in [6, 6.07) is 15.1. The Morgan fingerprint density at radius 3 is 2.35 bits per heavy atom. The lowest BCUT2D eigenvalue weighted by Crippen LogP contribution is -2.24. The first kappa shape index (κ1) is 15.2. The number of amides is 1. The van der Waals surface area contributed by atoms with Gasteiger partial charge >= 0.3 is 0 Å². The fourth-order valence-electron chi connectivity index (χ4n) is 2.85. The first-order valence-electron chi connectivity index (χ1n) is 7.78. The van der Waals surface area contributed by atoms with Crippen LogP contribution in [-0.2, 0) is 0 Å². The molecule has 1 aliphatic rings. The lowest BCUT2D eigenvalue weighted by atomic mass is 10.1. The zero-order valence-corrected chi connectivity index (χ0v) is 13.2. The lowest BCUT2D eigenvalue weighted by molar-refractivity contribution is 0.0840. The summed E-state index contributed by atoms with van der Waals surface area (Å²) in [5.41, 5.74) is 4.18. The highest BCUT2D eigenvalue weighted by atomic mass is 16.2. The molecule has 0 fully saturated rings. The van der Waals surface area contributed by atoms with Gasteiger partial charge in [-0.1, -0.05) is 54.6 Å². The van der Waals surface area contributed by atoms with Crippen LogP contribution in [0.25, 0.3) is 5.70 Å². The summed E-state index contributed by atoms with van der Waals surface area (Å²) in [5, 5.41) is 0. The smallest absolute Gasteiger partial charge is 0.258 e. The van der Waals surface area contributed by atoms with Crippen LogP contribution < -0.4 is 0 Å². The molecule has 3 rings (SSSR count). The van der Waals surface area contributed by atoms with Gasteiger partial charge in [-0.15, -0.1) is 0 Å². The van der Waals surface area contributed by atoms with E-state index >= 15 is 0 Å². The summed E-state index contributed by atoms with van der Waals surface area (Å²) in [7, 11) is 0. The lowest BCUT2D eigenvalue weighted by Gasteiger charge is -2.17. The number of ketones is 1. The van der Waals surface area contributed by atoms with Gasteiger partial charge in [-0.25, -0.2) is 0 Å². The molecule has 0 atom stereocenters. The van der Waals surface area contributed by atoms with E-state index in [1.165, 1.54) is 0 Å². The van der Waals surface area contributed by atoms with E-state index in [1.807, 2.05) is 55.5 Å². The van der Waals surface area contributed by atoms with Crippen LogP contribution in [0.5, 0.6) is 0 Å². The summed E-state index contributed by atoms with van der Waals surface area (Å²) in [6.07, 6.45) is 1.06. The minimum Gasteiger partial charge on any atom is -0.308 e. The number of carbonyl (C=O) groups is 2. The summed E-state index contributed by atoms with van der Waals surface area (Å²) in [6.45, 7) is 6.53. The van der Waals surface area contributed by atoms with E-state index in [-0.39, 0.29) is 11.7 Å². The van der Waals surface area contributed by atoms with E-state index in [2.05, 4.69) is 6.58 Å². The number of hydrogen-bond donors (Lipinski definition) is 0. The standard InChI is InChI=1S/C20H19NO2/c1-14-9-11-16(12-10-14)19(22)8-5-13-21-15(2)17-6-3-4-7-18(17)20(21)23/h3-4,6-7,9-12H,2,5,8,13H2,1H3. The van der Waals surface area contributed by atoms with Crippen molar-refractivity contribution < 1.29 is 9.59 Å². The van der Waals surface area contributed by atoms with Crippen LogP contribution in [-0.4, -0.2) is 23.1 Å². The van der Waals surface area contributed by atoms with Gasteiger partial charge in [-0.05, 0) is 19.4 Å². The zero-order valence-electron chi connectivity index (χ0n) is 13.2. The minimum atomic E-state index is -0.0200. The highest BCUT2D eigenvalue weighted by molar-refractivity contribution is 6.08. The third-order valence-electron chi connectivity index (χ3n) is 4.20. The third-order valence-corrected chi connectivity index (χ3v) is 4.20. The number of nitrogens with zero attached hydrogens (tertiary/aromatic N) is 1. The maximum Gasteiger partial charge on any atom is 0.258 e. The molecule has 0 aliphatic carbocycles. The third kappa shape index (κ3) is 2.95. The SMILES string of the molecule is C=C1c2ccccc2C(=O)N1CCCC(=O)c1ccc(C)cc1. The Bertz CT molecular complexity index is 739. The number of benzene rings is 2. The Hall–Kier alpha value is -2.68. The average Bonchev–Trinajstić information content (AvgIpc) is 2.81. The van der Waals surface area contributed by atoms with Crippen LogP contribution in [0.2, 0.25) is 0 Å². The highest BCUT2D eigenvalue weighted by Gasteiger charge is 2.29. The molecule has 1 amide bonds. The second-order valence-corrected chi connectivity index (χ2v) is 5.84. The first-order chi connectivity index (χ1) is 11.1. The second-order valence-electron chi connectivity index (χ2n) is 5.84. The van der Waals surface area contributed by atoms with Crippen LogP contribution in [0.1, 0.15) is 44.7 Å². The van der Waals surface area contributed by atoms with Gasteiger partial charge in [0.05, 0.1) is 0 Å². The highest BCUT2D eigenvalue weighted by Crippen LogP contribution is 2.31. The van der Waals surface area contributed by atoms with Crippen molar-refractivity contribution in [3.05, 3.63) is 77.4 Å². The van der Waals surface area contributed by atoms with Crippen molar-refractivity contribution in [2.24, 2.45) is 0 Å². The van der Waals surface area contributed by atoms with E-state index < -0.39 is 0 Å². The normalized spacial score (nSPS) is 13.3. The van der Waals surface area contributed by atoms with E-state index in [1.54, 1.807) is 4.90 Å². The number of aryl methyl sites for hydroxylation is 1. The molecule has 3 heteroatoms. The van der Waals surface area contributed by atoms with Gasteiger partial charge in [0.15, 0.2) is 5.78 Å². The van der Waals surface area contributed by atoms with E-state index in [4.69, 9.17) is 0 Å². The summed E-state index contributed by atoms with van der Waals surface area (Å²) >= 11 is 0. The fourth-order valence-corrected chi connectivity index (χ4v) is 2.85. The maximum absolute atomic E-state index is 12.4. The van der Waals surface area contributed by atoms with Crippen molar-refractivity contribution in [3.8, 4) is 0 Å². The van der Waals surface area contributed by atoms with E-state index in [0.29, 0.717) is 24.9 Å². The summed E-state index contributed by atoms with van der Waals surface area (Å²) < 4.78 is 0. The number of carbonyl (C=O) groups excluding carboxylic acids is 2. The van der Waals surface area contributed by atoms with Gasteiger partial charge in [-0.2, -0.15) is 0 Å². The molecule has 0 radical (unpaired) electrons. The molecule has 23 heavy (non-hydrogen) atoms. The van der Waals surface area contributed by atoms with Crippen LogP contribution in [0, 0.1) is 6.92 Å². The molecular weight excluding hydrogens is 286 g/mol. The number of rotatable bonds is 5. The molecule has 0 bridgehead atoms. The molecule has 2 aromatic rings. The van der Waals surface area contributed by atoms with Gasteiger partial charge in [0, 0.05) is 35.4 Å². The molecule has 3 nitrogen and oxygen atoms in total. The molecule has 0 aromatic heterocycles. The van der Waals surface area contributed by atoms with Gasteiger partial charge < -0.3 is 4.90 Å². The Morgan fingerprint density at radius 1 is 1.04 bits per heavy atom. The first-order valence-corrected chi connectivity index (χ1v) is 7.78. The van der Waals surface area contributed by atoms with Crippen LogP contribution >= 0.6 is 0 Å². The average molecular weight is 305 g/mol. The van der Waals surface area contributed by atoms with Crippen molar-refractivity contribution in [3.63, 3.8) is 0 Å². The van der Waals surface area contributed by atoms with E-state index in [0.717, 1.165) is 22.4 Å². The maximum atomic E-state index is 12.4. The number of hydrogen-bond acceptors (Lipinski definition) is 2. The van der Waals surface area contributed by atoms with Gasteiger partial charge in [0.1, 0.15) is 0 Å². The Labute approximate surface area is 136 Å². The van der Waals surface area contributed by atoms with Crippen LogP contribution in [0.4, 0.5) is 0 Å². The van der Waals surface area contributed by atoms with Crippen molar-refractivity contribution in [1.82, 2.24) is 4.90 Å². The summed E-state index contributed by atoms with van der Waals surface area (Å²) in [5.74, 6) is 0.0909.